The van der Waals surface area contributed by atoms with Crippen molar-refractivity contribution in [2.75, 3.05) is 13.6 Å². The van der Waals surface area contributed by atoms with Crippen LogP contribution in [-0.4, -0.2) is 30.4 Å². The molecule has 0 bridgehead atoms. The molecule has 0 atom stereocenters. The quantitative estimate of drug-likeness (QED) is 0.850. The van der Waals surface area contributed by atoms with Gasteiger partial charge < -0.3 is 10.6 Å². The van der Waals surface area contributed by atoms with Gasteiger partial charge in [-0.25, -0.2) is 0 Å². The second kappa shape index (κ2) is 5.82. The van der Waals surface area contributed by atoms with Gasteiger partial charge in [0.15, 0.2) is 0 Å². The Morgan fingerprint density at radius 3 is 2.26 bits per heavy atom. The normalized spacial score (nSPS) is 38.6. The molecule has 0 radical (unpaired) electrons. The van der Waals surface area contributed by atoms with Crippen LogP contribution < -0.4 is 5.73 Å². The zero-order valence-electron chi connectivity index (χ0n) is 12.8. The third kappa shape index (κ3) is 2.81. The number of carbonyl (C=O) groups excluding carboxylic acids is 1. The number of amides is 1. The predicted octanol–water partition coefficient (Wildman–Crippen LogP) is 2.79. The summed E-state index contributed by atoms with van der Waals surface area (Å²) in [5.41, 5.74) is 5.67. The van der Waals surface area contributed by atoms with Crippen LogP contribution in [0.25, 0.3) is 0 Å². The number of nitrogens with zero attached hydrogens (tertiary/aromatic N) is 1. The summed E-state index contributed by atoms with van der Waals surface area (Å²) in [7, 11) is 2.00. The highest BCUT2D eigenvalue weighted by Gasteiger charge is 2.49. The van der Waals surface area contributed by atoms with E-state index in [1.54, 1.807) is 0 Å². The minimum Gasteiger partial charge on any atom is -0.342 e. The summed E-state index contributed by atoms with van der Waals surface area (Å²) in [5.74, 6) is 1.86. The van der Waals surface area contributed by atoms with Crippen LogP contribution in [0.15, 0.2) is 0 Å². The van der Waals surface area contributed by atoms with Gasteiger partial charge in [-0.2, -0.15) is 0 Å². The Morgan fingerprint density at radius 1 is 1.26 bits per heavy atom. The van der Waals surface area contributed by atoms with Gasteiger partial charge >= 0.3 is 0 Å². The molecule has 110 valence electrons. The lowest BCUT2D eigenvalue weighted by Crippen LogP contribution is -2.56. The minimum absolute atomic E-state index is 0.226. The van der Waals surface area contributed by atoms with E-state index in [2.05, 4.69) is 13.8 Å². The Labute approximate surface area is 117 Å². The van der Waals surface area contributed by atoms with Gasteiger partial charge in [0, 0.05) is 19.6 Å². The second-order valence-corrected chi connectivity index (χ2v) is 7.00. The van der Waals surface area contributed by atoms with Gasteiger partial charge in [-0.1, -0.05) is 20.3 Å². The van der Waals surface area contributed by atoms with Gasteiger partial charge in [0.05, 0.1) is 5.41 Å². The summed E-state index contributed by atoms with van der Waals surface area (Å²) in [6.45, 7) is 5.01. The molecule has 0 unspecified atom stereocenters. The maximum absolute atomic E-state index is 12.7. The van der Waals surface area contributed by atoms with E-state index in [0.717, 1.165) is 18.8 Å². The van der Waals surface area contributed by atoms with Gasteiger partial charge in [0.25, 0.3) is 0 Å². The Hall–Kier alpha value is -0.570. The third-order valence-corrected chi connectivity index (χ3v) is 5.58. The molecule has 0 saturated heterocycles. The lowest BCUT2D eigenvalue weighted by molar-refractivity contribution is -0.151. The molecule has 2 aliphatic carbocycles. The monoisotopic (exact) mass is 266 g/mol. The molecule has 0 heterocycles. The molecule has 2 N–H and O–H groups in total. The van der Waals surface area contributed by atoms with Crippen LogP contribution in [0.5, 0.6) is 0 Å². The Morgan fingerprint density at radius 2 is 1.84 bits per heavy atom. The van der Waals surface area contributed by atoms with Crippen molar-refractivity contribution >= 4 is 5.91 Å². The van der Waals surface area contributed by atoms with Crippen LogP contribution >= 0.6 is 0 Å². The topological polar surface area (TPSA) is 46.3 Å². The van der Waals surface area contributed by atoms with Crippen molar-refractivity contribution in [3.63, 3.8) is 0 Å². The molecular formula is C16H30N2O. The van der Waals surface area contributed by atoms with E-state index in [0.29, 0.717) is 24.4 Å². The average molecular weight is 266 g/mol. The number of hydrogen-bond donors (Lipinski definition) is 1. The van der Waals surface area contributed by atoms with Crippen LogP contribution in [0.4, 0.5) is 0 Å². The highest BCUT2D eigenvalue weighted by molar-refractivity contribution is 5.84. The van der Waals surface area contributed by atoms with E-state index in [1.807, 2.05) is 11.9 Å². The first-order valence-corrected chi connectivity index (χ1v) is 7.99. The van der Waals surface area contributed by atoms with E-state index in [1.165, 1.54) is 32.1 Å². The van der Waals surface area contributed by atoms with E-state index in [4.69, 9.17) is 5.73 Å². The molecule has 0 aromatic carbocycles. The number of hydrogen-bond acceptors (Lipinski definition) is 2. The lowest BCUT2D eigenvalue weighted by atomic mass is 9.61. The van der Waals surface area contributed by atoms with Gasteiger partial charge in [-0.15, -0.1) is 0 Å². The first-order valence-electron chi connectivity index (χ1n) is 7.99. The van der Waals surface area contributed by atoms with Crippen LogP contribution in [0, 0.1) is 17.3 Å². The number of carbonyl (C=O) groups is 1. The smallest absolute Gasteiger partial charge is 0.230 e. The number of nitrogens with two attached hydrogens (primary N) is 1. The molecule has 0 aliphatic heterocycles. The van der Waals surface area contributed by atoms with Crippen LogP contribution in [-0.2, 0) is 4.79 Å². The predicted molar refractivity (Wildman–Crippen MR) is 78.7 cm³/mol. The first-order chi connectivity index (χ1) is 9.02. The van der Waals surface area contributed by atoms with Crippen molar-refractivity contribution in [3.8, 4) is 0 Å². The van der Waals surface area contributed by atoms with E-state index >= 15 is 0 Å². The van der Waals surface area contributed by atoms with Crippen molar-refractivity contribution in [2.24, 2.45) is 23.0 Å². The van der Waals surface area contributed by atoms with Crippen molar-refractivity contribution in [1.29, 1.82) is 0 Å². The first kappa shape index (κ1) is 14.8. The summed E-state index contributed by atoms with van der Waals surface area (Å²) in [5, 5.41) is 0. The standard InChI is InChI=1S/C16H30N2O/c1-4-13-5-7-14(8-6-13)18(3)15(19)16(11-17)9-12(2)10-16/h12-14H,4-11,17H2,1-3H3. The summed E-state index contributed by atoms with van der Waals surface area (Å²) < 4.78 is 0. The maximum atomic E-state index is 12.7. The summed E-state index contributed by atoms with van der Waals surface area (Å²) in [6, 6.07) is 0.453. The van der Waals surface area contributed by atoms with Gasteiger partial charge in [-0.05, 0) is 50.4 Å². The molecule has 2 saturated carbocycles. The average Bonchev–Trinajstić information content (AvgIpc) is 2.42. The Bertz CT molecular complexity index is 315. The zero-order chi connectivity index (χ0) is 14.0. The van der Waals surface area contributed by atoms with Gasteiger partial charge in [-0.3, -0.25) is 4.79 Å². The van der Waals surface area contributed by atoms with Crippen LogP contribution in [0.1, 0.15) is 58.8 Å². The van der Waals surface area contributed by atoms with Crippen molar-refractivity contribution < 1.29 is 4.79 Å². The second-order valence-electron chi connectivity index (χ2n) is 7.00. The molecular weight excluding hydrogens is 236 g/mol. The molecule has 0 aromatic rings. The minimum atomic E-state index is -0.226. The fraction of sp³-hybridized carbons (Fsp3) is 0.938. The molecule has 3 nitrogen and oxygen atoms in total. The van der Waals surface area contributed by atoms with Crippen molar-refractivity contribution in [3.05, 3.63) is 0 Å². The zero-order valence-corrected chi connectivity index (χ0v) is 12.8. The highest BCUT2D eigenvalue weighted by atomic mass is 16.2. The van der Waals surface area contributed by atoms with E-state index in [-0.39, 0.29) is 5.41 Å². The van der Waals surface area contributed by atoms with Crippen LogP contribution in [0.3, 0.4) is 0 Å². The van der Waals surface area contributed by atoms with Crippen LogP contribution in [0.2, 0.25) is 0 Å². The Kier molecular flexibility index (Phi) is 4.54. The van der Waals surface area contributed by atoms with E-state index < -0.39 is 0 Å². The summed E-state index contributed by atoms with van der Waals surface area (Å²) >= 11 is 0. The van der Waals surface area contributed by atoms with Gasteiger partial charge in [0.2, 0.25) is 5.91 Å². The van der Waals surface area contributed by atoms with Gasteiger partial charge in [0.1, 0.15) is 0 Å². The largest absolute Gasteiger partial charge is 0.342 e. The number of rotatable bonds is 4. The molecule has 2 rings (SSSR count). The molecule has 2 aliphatic rings. The fourth-order valence-electron chi connectivity index (χ4n) is 4.18. The van der Waals surface area contributed by atoms with E-state index in [9.17, 15) is 4.79 Å². The SMILES string of the molecule is CCC1CCC(N(C)C(=O)C2(CN)CC(C)C2)CC1. The third-order valence-electron chi connectivity index (χ3n) is 5.58. The summed E-state index contributed by atoms with van der Waals surface area (Å²) in [4.78, 5) is 14.8. The Balaban J connectivity index is 1.92. The molecule has 3 heteroatoms. The lowest BCUT2D eigenvalue weighted by Gasteiger charge is -2.48. The fourth-order valence-corrected chi connectivity index (χ4v) is 4.18. The highest BCUT2D eigenvalue weighted by Crippen LogP contribution is 2.46. The molecule has 19 heavy (non-hydrogen) atoms. The summed E-state index contributed by atoms with van der Waals surface area (Å²) in [6.07, 6.45) is 8.17. The van der Waals surface area contributed by atoms with Crippen molar-refractivity contribution in [2.45, 2.75) is 64.8 Å². The molecule has 1 amide bonds. The molecule has 0 aromatic heterocycles. The maximum Gasteiger partial charge on any atom is 0.230 e. The molecule has 0 spiro atoms. The van der Waals surface area contributed by atoms with Crippen molar-refractivity contribution in [1.82, 2.24) is 4.90 Å². The molecule has 2 fully saturated rings.